The van der Waals surface area contributed by atoms with E-state index in [4.69, 9.17) is 4.74 Å². The molecule has 0 atom stereocenters. The fraction of sp³-hybridized carbons (Fsp3) is 0.115. The summed E-state index contributed by atoms with van der Waals surface area (Å²) in [6.45, 7) is 3.86. The Morgan fingerprint density at radius 2 is 1.57 bits per heavy atom. The van der Waals surface area contributed by atoms with E-state index in [2.05, 4.69) is 37.2 Å². The maximum Gasteiger partial charge on any atom is 0.335 e. The first-order chi connectivity index (χ1) is 17.5. The standard InChI is InChI=1S/C26H19Br2N3O6/c1-14-7-15(2)9-19(8-14)30-25(33)20(24(32)29-26(30)34)10-17-11-21(27)23(22(28)12-17)37-13-16-3-5-18(6-4-16)31(35)36/h3-12H,13H2,1-2H3,(H,29,32,34)/b20-10+. The SMILES string of the molecule is Cc1cc(C)cc(N2C(=O)NC(=O)/C(=C\c3cc(Br)c(OCc4ccc([N+](=O)[O-])cc4)c(Br)c3)C2=O)c1. The van der Waals surface area contributed by atoms with Crippen molar-refractivity contribution in [2.75, 3.05) is 4.90 Å². The van der Waals surface area contributed by atoms with Crippen LogP contribution in [0.3, 0.4) is 0 Å². The van der Waals surface area contributed by atoms with Crippen LogP contribution in [0.25, 0.3) is 6.08 Å². The number of hydrogen-bond acceptors (Lipinski definition) is 6. The molecule has 188 valence electrons. The third kappa shape index (κ3) is 5.78. The molecular formula is C26H19Br2N3O6. The second-order valence-corrected chi connectivity index (χ2v) is 10.0. The summed E-state index contributed by atoms with van der Waals surface area (Å²) in [5.41, 5.74) is 3.15. The number of aryl methyl sites for hydroxylation is 2. The van der Waals surface area contributed by atoms with Gasteiger partial charge in [-0.05, 0) is 110 Å². The predicted octanol–water partition coefficient (Wildman–Crippen LogP) is 5.98. The third-order valence-corrected chi connectivity index (χ3v) is 6.61. The average molecular weight is 629 g/mol. The van der Waals surface area contributed by atoms with Gasteiger partial charge in [-0.25, -0.2) is 9.69 Å². The van der Waals surface area contributed by atoms with Crippen molar-refractivity contribution < 1.29 is 24.0 Å². The van der Waals surface area contributed by atoms with Crippen LogP contribution < -0.4 is 15.0 Å². The quantitative estimate of drug-likeness (QED) is 0.155. The number of halogens is 2. The summed E-state index contributed by atoms with van der Waals surface area (Å²) in [5, 5.41) is 13.0. The summed E-state index contributed by atoms with van der Waals surface area (Å²) in [4.78, 5) is 49.6. The highest BCUT2D eigenvalue weighted by Gasteiger charge is 2.37. The highest BCUT2D eigenvalue weighted by molar-refractivity contribution is 9.11. The molecule has 1 aliphatic rings. The molecule has 1 saturated heterocycles. The molecule has 3 aromatic carbocycles. The molecule has 0 saturated carbocycles. The Morgan fingerprint density at radius 3 is 2.14 bits per heavy atom. The minimum absolute atomic E-state index is 0.0115. The van der Waals surface area contributed by atoms with Crippen LogP contribution >= 0.6 is 31.9 Å². The zero-order valence-corrected chi connectivity index (χ0v) is 22.8. The number of nitrogens with one attached hydrogen (secondary N) is 1. The van der Waals surface area contributed by atoms with Gasteiger partial charge < -0.3 is 4.74 Å². The van der Waals surface area contributed by atoms with Crippen molar-refractivity contribution in [3.8, 4) is 5.75 Å². The summed E-state index contributed by atoms with van der Waals surface area (Å²) in [5.74, 6) is -1.06. The summed E-state index contributed by atoms with van der Waals surface area (Å²) in [7, 11) is 0. The Labute approximate surface area is 228 Å². The highest BCUT2D eigenvalue weighted by atomic mass is 79.9. The van der Waals surface area contributed by atoms with Crippen molar-refractivity contribution in [2.24, 2.45) is 0 Å². The topological polar surface area (TPSA) is 119 Å². The van der Waals surface area contributed by atoms with E-state index >= 15 is 0 Å². The second kappa shape index (κ2) is 10.7. The number of barbiturate groups is 1. The Hall–Kier alpha value is -3.83. The number of anilines is 1. The van der Waals surface area contributed by atoms with Gasteiger partial charge in [-0.1, -0.05) is 6.07 Å². The first-order valence-corrected chi connectivity index (χ1v) is 12.5. The zero-order valence-electron chi connectivity index (χ0n) is 19.6. The monoisotopic (exact) mass is 627 g/mol. The molecule has 37 heavy (non-hydrogen) atoms. The lowest BCUT2D eigenvalue weighted by Crippen LogP contribution is -2.54. The number of rotatable bonds is 6. The number of imide groups is 2. The molecule has 11 heteroatoms. The van der Waals surface area contributed by atoms with Gasteiger partial charge in [0, 0.05) is 12.1 Å². The number of ether oxygens (including phenoxy) is 1. The molecule has 0 aliphatic carbocycles. The molecule has 0 aromatic heterocycles. The Kier molecular flexibility index (Phi) is 7.55. The lowest BCUT2D eigenvalue weighted by Gasteiger charge is -2.27. The molecule has 0 bridgehead atoms. The van der Waals surface area contributed by atoms with E-state index in [0.29, 0.717) is 25.9 Å². The van der Waals surface area contributed by atoms with E-state index in [1.165, 1.54) is 18.2 Å². The molecule has 3 aromatic rings. The number of carbonyl (C=O) groups excluding carboxylic acids is 3. The molecule has 4 rings (SSSR count). The van der Waals surface area contributed by atoms with E-state index in [1.807, 2.05) is 19.9 Å². The Morgan fingerprint density at radius 1 is 0.973 bits per heavy atom. The van der Waals surface area contributed by atoms with Gasteiger partial charge in [0.05, 0.1) is 19.6 Å². The lowest BCUT2D eigenvalue weighted by molar-refractivity contribution is -0.384. The van der Waals surface area contributed by atoms with Crippen LogP contribution in [-0.4, -0.2) is 22.8 Å². The number of nitro groups is 1. The molecule has 9 nitrogen and oxygen atoms in total. The van der Waals surface area contributed by atoms with E-state index in [-0.39, 0.29) is 17.9 Å². The molecular weight excluding hydrogens is 610 g/mol. The molecule has 1 N–H and O–H groups in total. The molecule has 1 aliphatic heterocycles. The van der Waals surface area contributed by atoms with Gasteiger partial charge >= 0.3 is 6.03 Å². The maximum atomic E-state index is 13.2. The number of carbonyl (C=O) groups is 3. The van der Waals surface area contributed by atoms with Gasteiger partial charge in [-0.15, -0.1) is 0 Å². The molecule has 4 amide bonds. The van der Waals surface area contributed by atoms with Crippen LogP contribution in [0.4, 0.5) is 16.2 Å². The third-order valence-electron chi connectivity index (χ3n) is 5.43. The van der Waals surface area contributed by atoms with E-state index in [0.717, 1.165) is 21.6 Å². The minimum Gasteiger partial charge on any atom is -0.487 e. The maximum absolute atomic E-state index is 13.2. The number of amides is 4. The first-order valence-electron chi connectivity index (χ1n) is 10.9. The van der Waals surface area contributed by atoms with Crippen LogP contribution in [0.1, 0.15) is 22.3 Å². The van der Waals surface area contributed by atoms with Gasteiger partial charge in [-0.3, -0.25) is 25.0 Å². The largest absolute Gasteiger partial charge is 0.487 e. The van der Waals surface area contributed by atoms with E-state index < -0.39 is 22.8 Å². The van der Waals surface area contributed by atoms with Crippen molar-refractivity contribution in [3.05, 3.63) is 101 Å². The minimum atomic E-state index is -0.811. The van der Waals surface area contributed by atoms with Gasteiger partial charge in [-0.2, -0.15) is 0 Å². The first kappa shape index (κ1) is 26.2. The van der Waals surface area contributed by atoms with Crippen LogP contribution in [0.15, 0.2) is 69.1 Å². The molecule has 0 unspecified atom stereocenters. The number of hydrogen-bond donors (Lipinski definition) is 1. The molecule has 0 spiro atoms. The van der Waals surface area contributed by atoms with Crippen LogP contribution in [-0.2, 0) is 16.2 Å². The van der Waals surface area contributed by atoms with Crippen molar-refractivity contribution in [2.45, 2.75) is 20.5 Å². The fourth-order valence-electron chi connectivity index (χ4n) is 3.81. The van der Waals surface area contributed by atoms with Crippen LogP contribution in [0, 0.1) is 24.0 Å². The number of nitro benzene ring substituents is 1. The summed E-state index contributed by atoms with van der Waals surface area (Å²) < 4.78 is 6.96. The molecule has 1 heterocycles. The normalized spacial score (nSPS) is 14.6. The van der Waals surface area contributed by atoms with Crippen molar-refractivity contribution in [3.63, 3.8) is 0 Å². The van der Waals surface area contributed by atoms with Crippen LogP contribution in [0.2, 0.25) is 0 Å². The van der Waals surface area contributed by atoms with E-state index in [9.17, 15) is 24.5 Å². The number of urea groups is 1. The average Bonchev–Trinajstić information content (AvgIpc) is 2.81. The smallest absolute Gasteiger partial charge is 0.335 e. The van der Waals surface area contributed by atoms with Crippen molar-refractivity contribution in [1.82, 2.24) is 5.32 Å². The number of benzene rings is 3. The molecule has 1 fully saturated rings. The predicted molar refractivity (Wildman–Crippen MR) is 144 cm³/mol. The second-order valence-electron chi connectivity index (χ2n) is 8.33. The summed E-state index contributed by atoms with van der Waals surface area (Å²) in [6, 6.07) is 13.8. The van der Waals surface area contributed by atoms with Gasteiger partial charge in [0.1, 0.15) is 17.9 Å². The number of non-ortho nitro benzene ring substituents is 1. The number of nitrogens with zero attached hydrogens (tertiary/aromatic N) is 2. The fourth-order valence-corrected chi connectivity index (χ4v) is 5.26. The summed E-state index contributed by atoms with van der Waals surface area (Å²) >= 11 is 6.90. The Bertz CT molecular complexity index is 1440. The van der Waals surface area contributed by atoms with Gasteiger partial charge in [0.15, 0.2) is 0 Å². The van der Waals surface area contributed by atoms with E-state index in [1.54, 1.807) is 36.4 Å². The Balaban J connectivity index is 1.59. The molecule has 0 radical (unpaired) electrons. The zero-order chi connectivity index (χ0) is 26.9. The van der Waals surface area contributed by atoms with Crippen molar-refractivity contribution >= 4 is 67.2 Å². The van der Waals surface area contributed by atoms with Crippen molar-refractivity contribution in [1.29, 1.82) is 0 Å². The van der Waals surface area contributed by atoms with Crippen LogP contribution in [0.5, 0.6) is 5.75 Å². The summed E-state index contributed by atoms with van der Waals surface area (Å²) in [6.07, 6.45) is 1.40. The lowest BCUT2D eigenvalue weighted by atomic mass is 10.1. The highest BCUT2D eigenvalue weighted by Crippen LogP contribution is 2.36. The van der Waals surface area contributed by atoms with Gasteiger partial charge in [0.25, 0.3) is 17.5 Å². The van der Waals surface area contributed by atoms with Gasteiger partial charge in [0.2, 0.25) is 0 Å².